The number of hydrogen-bond donors (Lipinski definition) is 1. The molecule has 3 rings (SSSR count). The summed E-state index contributed by atoms with van der Waals surface area (Å²) in [4.78, 5) is 12.5. The van der Waals surface area contributed by atoms with Gasteiger partial charge in [0.25, 0.3) is 0 Å². The maximum Gasteiger partial charge on any atom is 0.348 e. The molecule has 0 radical (unpaired) electrons. The molecule has 0 atom stereocenters. The number of benzene rings is 1. The van der Waals surface area contributed by atoms with E-state index in [4.69, 9.17) is 4.74 Å². The van der Waals surface area contributed by atoms with E-state index in [1.54, 1.807) is 0 Å². The van der Waals surface area contributed by atoms with E-state index in [1.165, 1.54) is 11.1 Å². The Hall–Kier alpha value is -2.18. The summed E-state index contributed by atoms with van der Waals surface area (Å²) in [6.07, 6.45) is 9.00. The lowest BCUT2D eigenvalue weighted by Crippen LogP contribution is -3.23. The number of aryl methyl sites for hydroxylation is 1. The molecule has 0 saturated carbocycles. The topological polar surface area (TPSA) is 62.6 Å². The van der Waals surface area contributed by atoms with Crippen molar-refractivity contribution in [3.05, 3.63) is 59.3 Å². The van der Waals surface area contributed by atoms with E-state index in [-0.39, 0.29) is 23.7 Å². The number of hydroxylamine groups is 2. The lowest BCUT2D eigenvalue weighted by Gasteiger charge is -2.54. The quantitative estimate of drug-likeness (QED) is 0.430. The van der Waals surface area contributed by atoms with Crippen molar-refractivity contribution in [2.24, 2.45) is 0 Å². The lowest BCUT2D eigenvalue weighted by atomic mass is 9.80. The molecule has 0 bridgehead atoms. The second kappa shape index (κ2) is 8.90. The summed E-state index contributed by atoms with van der Waals surface area (Å²) in [5.41, 5.74) is 1.67. The number of aromatic nitrogens is 2. The summed E-state index contributed by atoms with van der Waals surface area (Å²) in [6.45, 7) is 10.9. The second-order valence-corrected chi connectivity index (χ2v) is 9.94. The van der Waals surface area contributed by atoms with Crippen LogP contribution in [0.25, 0.3) is 0 Å². The SMILES string of the molecule is CCCc1ccc(C[n+]2ccn(CC(=O)OC3CC(C)(C)[NH+]([O-])C(C)(C)C3)c2)cc1. The van der Waals surface area contributed by atoms with Crippen LogP contribution in [0.4, 0.5) is 0 Å². The largest absolute Gasteiger partial charge is 0.634 e. The summed E-state index contributed by atoms with van der Waals surface area (Å²) >= 11 is 0. The number of carbonyl (C=O) groups excluding carboxylic acids is 1. The standard InChI is InChI=1S/C24H36N3O3/c1-6-7-19-8-10-20(11-9-19)16-25-12-13-26(18-25)17-22(28)30-21-14-23(2,3)27(29)24(4,5)15-21/h8-13,18,21,27H,6-7,14-17H2,1-5H3/q+1. The Morgan fingerprint density at radius 1 is 1.17 bits per heavy atom. The lowest BCUT2D eigenvalue weighted by molar-refractivity contribution is -0.956. The first-order chi connectivity index (χ1) is 14.1. The molecule has 6 nitrogen and oxygen atoms in total. The highest BCUT2D eigenvalue weighted by Gasteiger charge is 2.46. The molecule has 2 aromatic rings. The molecule has 30 heavy (non-hydrogen) atoms. The molecule has 1 aliphatic rings. The summed E-state index contributed by atoms with van der Waals surface area (Å²) in [7, 11) is 0. The first-order valence-corrected chi connectivity index (χ1v) is 11.0. The maximum atomic E-state index is 12.5. The van der Waals surface area contributed by atoms with Gasteiger partial charge in [0, 0.05) is 12.8 Å². The van der Waals surface area contributed by atoms with Crippen LogP contribution >= 0.6 is 0 Å². The van der Waals surface area contributed by atoms with Crippen LogP contribution in [-0.4, -0.2) is 27.7 Å². The smallest absolute Gasteiger partial charge is 0.348 e. The highest BCUT2D eigenvalue weighted by Crippen LogP contribution is 2.26. The zero-order valence-corrected chi connectivity index (χ0v) is 19.0. The van der Waals surface area contributed by atoms with E-state index >= 15 is 0 Å². The van der Waals surface area contributed by atoms with Crippen molar-refractivity contribution in [2.75, 3.05) is 0 Å². The molecule has 1 aliphatic heterocycles. The van der Waals surface area contributed by atoms with Crippen molar-refractivity contribution in [2.45, 2.75) is 90.6 Å². The van der Waals surface area contributed by atoms with Gasteiger partial charge < -0.3 is 15.0 Å². The van der Waals surface area contributed by atoms with Crippen molar-refractivity contribution in [1.29, 1.82) is 0 Å². The van der Waals surface area contributed by atoms with Crippen molar-refractivity contribution in [3.63, 3.8) is 0 Å². The van der Waals surface area contributed by atoms with Crippen molar-refractivity contribution in [1.82, 2.24) is 4.57 Å². The van der Waals surface area contributed by atoms with Crippen LogP contribution in [0, 0.1) is 5.21 Å². The van der Waals surface area contributed by atoms with Crippen LogP contribution in [0.5, 0.6) is 0 Å². The molecule has 1 saturated heterocycles. The van der Waals surface area contributed by atoms with Crippen molar-refractivity contribution < 1.29 is 19.2 Å². The van der Waals surface area contributed by atoms with Crippen LogP contribution in [0.2, 0.25) is 0 Å². The number of esters is 1. The molecule has 1 aromatic heterocycles. The number of nitrogens with zero attached hydrogens (tertiary/aromatic N) is 2. The average molecular weight is 415 g/mol. The number of rotatable bonds is 7. The molecule has 1 N–H and O–H groups in total. The van der Waals surface area contributed by atoms with Crippen molar-refractivity contribution in [3.8, 4) is 0 Å². The Balaban J connectivity index is 1.54. The zero-order valence-electron chi connectivity index (χ0n) is 19.0. The monoisotopic (exact) mass is 414 g/mol. The number of quaternary nitrogens is 1. The van der Waals surface area contributed by atoms with Gasteiger partial charge >= 0.3 is 5.97 Å². The first kappa shape index (κ1) is 22.5. The van der Waals surface area contributed by atoms with Gasteiger partial charge in [0.15, 0.2) is 6.54 Å². The van der Waals surface area contributed by atoms with Gasteiger partial charge in [-0.15, -0.1) is 0 Å². The molecule has 0 unspecified atom stereocenters. The summed E-state index contributed by atoms with van der Waals surface area (Å²) < 4.78 is 9.67. The number of imidazole rings is 1. The second-order valence-electron chi connectivity index (χ2n) is 9.94. The number of hydrogen-bond acceptors (Lipinski definition) is 3. The van der Waals surface area contributed by atoms with Crippen LogP contribution in [0.15, 0.2) is 43.0 Å². The highest BCUT2D eigenvalue weighted by molar-refractivity contribution is 5.69. The minimum Gasteiger partial charge on any atom is -0.634 e. The highest BCUT2D eigenvalue weighted by atomic mass is 16.5. The minimum absolute atomic E-state index is 0.174. The van der Waals surface area contributed by atoms with Crippen molar-refractivity contribution >= 4 is 5.97 Å². The number of ether oxygens (including phenoxy) is 1. The van der Waals surface area contributed by atoms with Crippen LogP contribution < -0.4 is 9.63 Å². The van der Waals surface area contributed by atoms with E-state index in [9.17, 15) is 10.0 Å². The fraction of sp³-hybridized carbons (Fsp3) is 0.583. The molecule has 0 aliphatic carbocycles. The van der Waals surface area contributed by atoms with E-state index in [1.807, 2.05) is 51.0 Å². The number of nitrogens with one attached hydrogen (secondary N) is 1. The molecule has 6 heteroatoms. The maximum absolute atomic E-state index is 12.5. The molecule has 164 valence electrons. The molecule has 0 spiro atoms. The third-order valence-electron chi connectivity index (χ3n) is 5.99. The van der Waals surface area contributed by atoms with E-state index < -0.39 is 11.1 Å². The number of carbonyl (C=O) groups is 1. The van der Waals surface area contributed by atoms with Gasteiger partial charge in [-0.3, -0.25) is 0 Å². The molecule has 0 amide bonds. The average Bonchev–Trinajstić information content (AvgIpc) is 3.07. The summed E-state index contributed by atoms with van der Waals surface area (Å²) in [5.74, 6) is -0.257. The number of piperidine rings is 1. The van der Waals surface area contributed by atoms with E-state index in [0.717, 1.165) is 19.4 Å². The predicted molar refractivity (Wildman–Crippen MR) is 116 cm³/mol. The summed E-state index contributed by atoms with van der Waals surface area (Å²) in [6, 6.07) is 8.70. The third kappa shape index (κ3) is 5.49. The zero-order chi connectivity index (χ0) is 21.9. The Labute approximate surface area is 180 Å². The van der Waals surface area contributed by atoms with E-state index in [2.05, 4.69) is 35.8 Å². The van der Waals surface area contributed by atoms with Gasteiger partial charge in [-0.2, -0.15) is 0 Å². The Morgan fingerprint density at radius 3 is 2.37 bits per heavy atom. The van der Waals surface area contributed by atoms with Gasteiger partial charge in [0.2, 0.25) is 6.33 Å². The van der Waals surface area contributed by atoms with Gasteiger partial charge in [-0.1, -0.05) is 37.6 Å². The van der Waals surface area contributed by atoms with Crippen LogP contribution in [0.1, 0.15) is 65.0 Å². The fourth-order valence-electron chi connectivity index (χ4n) is 4.70. The molecular weight excluding hydrogens is 378 g/mol. The van der Waals surface area contributed by atoms with Gasteiger partial charge in [-0.05, 0) is 45.2 Å². The minimum atomic E-state index is -0.462. The van der Waals surface area contributed by atoms with Gasteiger partial charge in [0.05, 0.1) is 11.1 Å². The third-order valence-corrected chi connectivity index (χ3v) is 5.99. The van der Waals surface area contributed by atoms with Crippen LogP contribution in [-0.2, 0) is 29.0 Å². The normalized spacial score (nSPS) is 22.6. The summed E-state index contributed by atoms with van der Waals surface area (Å²) in [5, 5.41) is 12.8. The van der Waals surface area contributed by atoms with E-state index in [0.29, 0.717) is 12.8 Å². The molecule has 1 aromatic carbocycles. The Morgan fingerprint density at radius 2 is 1.77 bits per heavy atom. The molecular formula is C24H36N3O3+. The Bertz CT molecular complexity index is 837. The van der Waals surface area contributed by atoms with Gasteiger partial charge in [-0.25, -0.2) is 13.9 Å². The Kier molecular flexibility index (Phi) is 6.68. The molecule has 2 heterocycles. The molecule has 1 fully saturated rings. The van der Waals surface area contributed by atoms with Crippen LogP contribution in [0.3, 0.4) is 0 Å². The van der Waals surface area contributed by atoms with Gasteiger partial charge in [0.1, 0.15) is 25.0 Å². The predicted octanol–water partition coefficient (Wildman–Crippen LogP) is 2.42. The first-order valence-electron chi connectivity index (χ1n) is 11.0. The fourth-order valence-corrected chi connectivity index (χ4v) is 4.70.